The number of hydrazone groups is 1. The van der Waals surface area contributed by atoms with Gasteiger partial charge in [-0.3, -0.25) is 0 Å². The van der Waals surface area contributed by atoms with Crippen LogP contribution in [0.1, 0.15) is 16.7 Å². The van der Waals surface area contributed by atoms with Gasteiger partial charge in [0.25, 0.3) is 10.0 Å². The Morgan fingerprint density at radius 1 is 1.18 bits per heavy atom. The van der Waals surface area contributed by atoms with Crippen molar-refractivity contribution in [3.05, 3.63) is 58.1 Å². The van der Waals surface area contributed by atoms with Crippen molar-refractivity contribution in [1.82, 2.24) is 4.83 Å². The zero-order valence-corrected chi connectivity index (χ0v) is 13.6. The molecule has 2 N–H and O–H groups in total. The minimum absolute atomic E-state index is 0.0466. The largest absolute Gasteiger partial charge is 0.506 e. The lowest BCUT2D eigenvalue weighted by Gasteiger charge is -2.07. The van der Waals surface area contributed by atoms with Crippen molar-refractivity contribution in [2.24, 2.45) is 5.10 Å². The molecule has 0 aliphatic heterocycles. The Bertz CT molecular complexity index is 833. The van der Waals surface area contributed by atoms with Crippen LogP contribution in [0.25, 0.3) is 0 Å². The summed E-state index contributed by atoms with van der Waals surface area (Å²) in [7, 11) is -3.73. The molecule has 116 valence electrons. The minimum atomic E-state index is -3.73. The molecule has 0 heterocycles. The summed E-state index contributed by atoms with van der Waals surface area (Å²) in [5, 5.41) is 13.2. The van der Waals surface area contributed by atoms with E-state index in [1.165, 1.54) is 18.3 Å². The Kier molecular flexibility index (Phi) is 4.73. The second-order valence-electron chi connectivity index (χ2n) is 4.83. The zero-order chi connectivity index (χ0) is 16.3. The van der Waals surface area contributed by atoms with Crippen LogP contribution in [-0.2, 0) is 10.0 Å². The van der Waals surface area contributed by atoms with Gasteiger partial charge in [0.15, 0.2) is 0 Å². The summed E-state index contributed by atoms with van der Waals surface area (Å²) in [4.78, 5) is 2.33. The molecule has 2 aromatic carbocycles. The molecule has 2 aromatic rings. The third kappa shape index (κ3) is 3.78. The van der Waals surface area contributed by atoms with E-state index in [0.29, 0.717) is 11.1 Å². The lowest BCUT2D eigenvalue weighted by molar-refractivity contribution is 0.475. The van der Waals surface area contributed by atoms with Crippen LogP contribution in [-0.4, -0.2) is 19.7 Å². The van der Waals surface area contributed by atoms with Gasteiger partial charge >= 0.3 is 0 Å². The Morgan fingerprint density at radius 3 is 2.55 bits per heavy atom. The quantitative estimate of drug-likeness (QED) is 0.664. The minimum Gasteiger partial charge on any atom is -0.506 e. The van der Waals surface area contributed by atoms with Crippen molar-refractivity contribution in [1.29, 1.82) is 0 Å². The molecule has 5 nitrogen and oxygen atoms in total. The molecule has 0 saturated heterocycles. The average Bonchev–Trinajstić information content (AvgIpc) is 2.42. The molecule has 0 aromatic heterocycles. The molecule has 0 amide bonds. The fourth-order valence-electron chi connectivity index (χ4n) is 1.92. The number of aromatic hydroxyl groups is 1. The molecule has 7 heteroatoms. The molecular formula is C15H15ClN2O3S. The molecule has 0 aliphatic rings. The number of benzene rings is 2. The molecule has 2 rings (SSSR count). The summed E-state index contributed by atoms with van der Waals surface area (Å²) in [6.07, 6.45) is 1.31. The Morgan fingerprint density at radius 2 is 1.91 bits per heavy atom. The summed E-state index contributed by atoms with van der Waals surface area (Å²) >= 11 is 5.76. The van der Waals surface area contributed by atoms with Crippen LogP contribution >= 0.6 is 11.6 Å². The highest BCUT2D eigenvalue weighted by Gasteiger charge is 2.15. The van der Waals surface area contributed by atoms with E-state index in [1.54, 1.807) is 31.2 Å². The molecular weight excluding hydrogens is 324 g/mol. The monoisotopic (exact) mass is 338 g/mol. The van der Waals surface area contributed by atoms with Crippen LogP contribution < -0.4 is 4.83 Å². The Labute approximate surface area is 134 Å². The number of nitrogens with one attached hydrogen (secondary N) is 1. The first-order valence-corrected chi connectivity index (χ1v) is 8.26. The topological polar surface area (TPSA) is 78.8 Å². The number of sulfonamides is 1. The second kappa shape index (κ2) is 6.37. The maximum atomic E-state index is 12.2. The second-order valence-corrected chi connectivity index (χ2v) is 6.87. The van der Waals surface area contributed by atoms with Crippen molar-refractivity contribution >= 4 is 27.8 Å². The van der Waals surface area contributed by atoms with Crippen molar-refractivity contribution < 1.29 is 13.5 Å². The van der Waals surface area contributed by atoms with Gasteiger partial charge < -0.3 is 5.11 Å². The van der Waals surface area contributed by atoms with Gasteiger partial charge in [-0.1, -0.05) is 29.3 Å². The van der Waals surface area contributed by atoms with E-state index in [9.17, 15) is 13.5 Å². The first-order valence-electron chi connectivity index (χ1n) is 6.40. The fourth-order valence-corrected chi connectivity index (χ4v) is 3.13. The van der Waals surface area contributed by atoms with Crippen LogP contribution in [0.4, 0.5) is 0 Å². The molecule has 0 unspecified atom stereocenters. The molecule has 0 bridgehead atoms. The Hall–Kier alpha value is -2.05. The van der Waals surface area contributed by atoms with Crippen molar-refractivity contribution in [3.8, 4) is 5.75 Å². The summed E-state index contributed by atoms with van der Waals surface area (Å²) in [6.45, 7) is 3.62. The number of nitrogens with zero attached hydrogens (tertiary/aromatic N) is 1. The highest BCUT2D eigenvalue weighted by Crippen LogP contribution is 2.22. The predicted octanol–water partition coefficient (Wildman–Crippen LogP) is 2.97. The number of rotatable bonds is 4. The molecule has 0 atom stereocenters. The summed E-state index contributed by atoms with van der Waals surface area (Å²) in [6, 6.07) is 9.51. The summed E-state index contributed by atoms with van der Waals surface area (Å²) in [5.74, 6) is -0.0466. The standard InChI is InChI=1S/C15H15ClN2O3S/c1-10-3-6-15(11(2)7-10)22(20,21)18-17-9-12-4-5-14(19)13(16)8-12/h3-9,18-19H,1-2H3/b17-9+. The molecule has 0 spiro atoms. The lowest BCUT2D eigenvalue weighted by atomic mass is 10.2. The molecule has 0 radical (unpaired) electrons. The van der Waals surface area contributed by atoms with E-state index in [1.807, 2.05) is 6.92 Å². The van der Waals surface area contributed by atoms with E-state index in [0.717, 1.165) is 5.56 Å². The third-order valence-electron chi connectivity index (χ3n) is 2.98. The maximum Gasteiger partial charge on any atom is 0.276 e. The molecule has 22 heavy (non-hydrogen) atoms. The van der Waals surface area contributed by atoms with Crippen LogP contribution in [0.2, 0.25) is 5.02 Å². The number of phenolic OH excluding ortho intramolecular Hbond substituents is 1. The number of aryl methyl sites for hydroxylation is 2. The van der Waals surface area contributed by atoms with Gasteiger partial charge in [0.05, 0.1) is 16.1 Å². The van der Waals surface area contributed by atoms with E-state index in [2.05, 4.69) is 9.93 Å². The van der Waals surface area contributed by atoms with Crippen molar-refractivity contribution in [2.45, 2.75) is 18.7 Å². The smallest absolute Gasteiger partial charge is 0.276 e. The zero-order valence-electron chi connectivity index (χ0n) is 12.0. The van der Waals surface area contributed by atoms with Crippen LogP contribution in [0.15, 0.2) is 46.4 Å². The van der Waals surface area contributed by atoms with Crippen LogP contribution in [0.3, 0.4) is 0 Å². The molecule has 0 saturated carbocycles. The predicted molar refractivity (Wildman–Crippen MR) is 86.9 cm³/mol. The first-order chi connectivity index (χ1) is 10.3. The number of halogens is 1. The van der Waals surface area contributed by atoms with Crippen LogP contribution in [0.5, 0.6) is 5.75 Å². The van der Waals surface area contributed by atoms with Gasteiger partial charge in [-0.25, -0.2) is 4.83 Å². The lowest BCUT2D eigenvalue weighted by Crippen LogP contribution is -2.19. The highest BCUT2D eigenvalue weighted by molar-refractivity contribution is 7.89. The summed E-state index contributed by atoms with van der Waals surface area (Å²) in [5.41, 5.74) is 2.19. The molecule has 0 aliphatic carbocycles. The van der Waals surface area contributed by atoms with Gasteiger partial charge in [-0.05, 0) is 49.2 Å². The number of phenols is 1. The number of hydrogen-bond acceptors (Lipinski definition) is 4. The average molecular weight is 339 g/mol. The van der Waals surface area contributed by atoms with E-state index < -0.39 is 10.0 Å². The van der Waals surface area contributed by atoms with Crippen molar-refractivity contribution in [3.63, 3.8) is 0 Å². The van der Waals surface area contributed by atoms with Gasteiger partial charge in [0, 0.05) is 0 Å². The normalized spacial score (nSPS) is 11.8. The first kappa shape index (κ1) is 16.3. The van der Waals surface area contributed by atoms with Crippen molar-refractivity contribution in [2.75, 3.05) is 0 Å². The van der Waals surface area contributed by atoms with E-state index >= 15 is 0 Å². The van der Waals surface area contributed by atoms with E-state index in [4.69, 9.17) is 11.6 Å². The van der Waals surface area contributed by atoms with E-state index in [-0.39, 0.29) is 15.7 Å². The maximum absolute atomic E-state index is 12.2. The third-order valence-corrected chi connectivity index (χ3v) is 4.66. The Balaban J connectivity index is 2.18. The highest BCUT2D eigenvalue weighted by atomic mass is 35.5. The fraction of sp³-hybridized carbons (Fsp3) is 0.133. The van der Waals surface area contributed by atoms with Gasteiger partial charge in [0.2, 0.25) is 0 Å². The summed E-state index contributed by atoms with van der Waals surface area (Å²) < 4.78 is 24.4. The van der Waals surface area contributed by atoms with Gasteiger partial charge in [-0.15, -0.1) is 0 Å². The van der Waals surface area contributed by atoms with Gasteiger partial charge in [0.1, 0.15) is 5.75 Å². The SMILES string of the molecule is Cc1ccc(S(=O)(=O)N/N=C/c2ccc(O)c(Cl)c2)c(C)c1. The van der Waals surface area contributed by atoms with Gasteiger partial charge in [-0.2, -0.15) is 13.5 Å². The van der Waals surface area contributed by atoms with Crippen LogP contribution in [0, 0.1) is 13.8 Å². The molecule has 0 fully saturated rings. The number of hydrogen-bond donors (Lipinski definition) is 2.